The molecule has 0 atom stereocenters. The number of hydrogen-bond acceptors (Lipinski definition) is 5. The lowest BCUT2D eigenvalue weighted by molar-refractivity contribution is -0.118. The number of halogens is 2. The summed E-state index contributed by atoms with van der Waals surface area (Å²) in [5.41, 5.74) is 3.92. The van der Waals surface area contributed by atoms with Gasteiger partial charge >= 0.3 is 7.40 Å². The average molecular weight is 569 g/mol. The van der Waals surface area contributed by atoms with Gasteiger partial charge < -0.3 is 20.2 Å². The number of benzene rings is 2. The van der Waals surface area contributed by atoms with Crippen LogP contribution >= 0.6 is 0 Å². The minimum atomic E-state index is -2.86. The van der Waals surface area contributed by atoms with Gasteiger partial charge in [0.15, 0.2) is 0 Å². The molecule has 3 N–H and O–H groups in total. The Kier molecular flexibility index (Phi) is 8.16. The predicted octanol–water partition coefficient (Wildman–Crippen LogP) is 4.98. The van der Waals surface area contributed by atoms with E-state index in [9.17, 15) is 13.4 Å². The van der Waals surface area contributed by atoms with Gasteiger partial charge in [0.05, 0.1) is 18.4 Å². The van der Waals surface area contributed by atoms with E-state index in [4.69, 9.17) is 5.11 Å². The molecular formula is C30H30BF2N7O2. The molecule has 4 aromatic rings. The van der Waals surface area contributed by atoms with Crippen molar-refractivity contribution in [2.75, 3.05) is 11.9 Å². The van der Waals surface area contributed by atoms with Crippen LogP contribution in [0.25, 0.3) is 11.4 Å². The number of aromatic amines is 1. The van der Waals surface area contributed by atoms with E-state index >= 15 is 0 Å². The number of rotatable bonds is 8. The fourth-order valence-electron chi connectivity index (χ4n) is 4.48. The molecule has 214 valence electrons. The van der Waals surface area contributed by atoms with Crippen LogP contribution < -0.4 is 5.32 Å². The summed E-state index contributed by atoms with van der Waals surface area (Å²) in [6, 6.07) is 19.8. The largest absolute Gasteiger partial charge is 0.679 e. The Hall–Kier alpha value is -4.84. The molecule has 0 bridgehead atoms. The molecule has 9 nitrogen and oxygen atoms in total. The lowest BCUT2D eigenvalue weighted by atomic mass is 9.93. The summed E-state index contributed by atoms with van der Waals surface area (Å²) in [4.78, 5) is 20.4. The standard InChI is InChI=1S/C30H30BF2N7O2/c1-30(2,3)25-18-39(38-37-25)27-15-13-23(36-27)29(21-9-11-22(12-10-21)35-28(42)19-41)24-14-16-26(40(24)31(32)33)34-17-20-7-5-4-6-8-20/h4-16,18,36,41H,17,19H2,1-3H3,(H,35,42). The number of aromatic nitrogens is 4. The molecule has 12 heteroatoms. The Labute approximate surface area is 242 Å². The first-order valence-corrected chi connectivity index (χ1v) is 13.4. The van der Waals surface area contributed by atoms with Crippen molar-refractivity contribution in [1.82, 2.24) is 24.8 Å². The van der Waals surface area contributed by atoms with Crippen LogP contribution in [-0.4, -0.2) is 55.6 Å². The summed E-state index contributed by atoms with van der Waals surface area (Å²) < 4.78 is 30.9. The van der Waals surface area contributed by atoms with Crippen LogP contribution in [0.5, 0.6) is 0 Å². The van der Waals surface area contributed by atoms with E-state index < -0.39 is 19.9 Å². The van der Waals surface area contributed by atoms with Gasteiger partial charge in [-0.05, 0) is 47.5 Å². The maximum absolute atomic E-state index is 14.7. The van der Waals surface area contributed by atoms with Crippen molar-refractivity contribution >= 4 is 30.4 Å². The summed E-state index contributed by atoms with van der Waals surface area (Å²) in [6.07, 6.45) is 5.04. The molecule has 5 rings (SSSR count). The second-order valence-electron chi connectivity index (χ2n) is 10.7. The molecule has 0 unspecified atom stereocenters. The van der Waals surface area contributed by atoms with Crippen molar-refractivity contribution in [3.63, 3.8) is 0 Å². The lowest BCUT2D eigenvalue weighted by Crippen LogP contribution is -2.34. The summed E-state index contributed by atoms with van der Waals surface area (Å²) in [6.45, 7) is 5.72. The number of carbonyl (C=O) groups is 1. The number of aliphatic imine (C=N–C) groups is 1. The number of allylic oxidation sites excluding steroid dienone is 1. The number of nitrogens with zero attached hydrogens (tertiary/aromatic N) is 5. The molecule has 3 heterocycles. The normalized spacial score (nSPS) is 15.4. The van der Waals surface area contributed by atoms with Crippen molar-refractivity contribution in [2.45, 2.75) is 32.7 Å². The molecule has 0 aliphatic carbocycles. The van der Waals surface area contributed by atoms with Gasteiger partial charge in [-0.15, -0.1) is 5.10 Å². The number of amides is 1. The molecule has 42 heavy (non-hydrogen) atoms. The summed E-state index contributed by atoms with van der Waals surface area (Å²) >= 11 is 0. The minimum Gasteiger partial charge on any atom is -0.387 e. The SMILES string of the molecule is CC(C)(C)c1cn(-c2ccc(C(=C3C=CC(=NCc4ccccc4)N3B(F)F)c3ccc(NC(=O)CO)cc3)[nH]2)nn1. The van der Waals surface area contributed by atoms with E-state index in [2.05, 4.69) is 25.6 Å². The topological polar surface area (TPSA) is 111 Å². The molecule has 2 aromatic carbocycles. The van der Waals surface area contributed by atoms with Gasteiger partial charge in [0, 0.05) is 28.1 Å². The summed E-state index contributed by atoms with van der Waals surface area (Å²) in [7, 11) is -2.86. The molecule has 0 radical (unpaired) electrons. The van der Waals surface area contributed by atoms with Gasteiger partial charge in [-0.2, -0.15) is 0 Å². The van der Waals surface area contributed by atoms with Gasteiger partial charge in [0.2, 0.25) is 5.91 Å². The number of carbonyl (C=O) groups excluding carboxylic acids is 1. The van der Waals surface area contributed by atoms with E-state index in [1.807, 2.05) is 63.4 Å². The van der Waals surface area contributed by atoms with Gasteiger partial charge in [0.1, 0.15) is 18.3 Å². The zero-order chi connectivity index (χ0) is 29.9. The summed E-state index contributed by atoms with van der Waals surface area (Å²) in [5.74, 6) is 0.201. The highest BCUT2D eigenvalue weighted by Crippen LogP contribution is 2.34. The average Bonchev–Trinajstić information content (AvgIpc) is 3.73. The van der Waals surface area contributed by atoms with Gasteiger partial charge in [-0.3, -0.25) is 18.4 Å². The van der Waals surface area contributed by atoms with Crippen LogP contribution in [0.2, 0.25) is 0 Å². The Balaban J connectivity index is 1.58. The van der Waals surface area contributed by atoms with E-state index in [0.29, 0.717) is 28.3 Å². The maximum atomic E-state index is 14.7. The Bertz CT molecular complexity index is 1650. The van der Waals surface area contributed by atoms with Crippen molar-refractivity contribution in [3.8, 4) is 5.82 Å². The molecule has 2 aromatic heterocycles. The molecule has 1 amide bonds. The number of hydrogen-bond donors (Lipinski definition) is 3. The molecule has 1 aliphatic heterocycles. The van der Waals surface area contributed by atoms with Crippen molar-refractivity contribution < 1.29 is 18.5 Å². The number of aliphatic hydroxyl groups excluding tert-OH is 1. The van der Waals surface area contributed by atoms with Gasteiger partial charge in [-0.1, -0.05) is 68.4 Å². The Morgan fingerprint density at radius 2 is 1.79 bits per heavy atom. The van der Waals surface area contributed by atoms with E-state index in [-0.39, 0.29) is 23.5 Å². The van der Waals surface area contributed by atoms with Gasteiger partial charge in [0.25, 0.3) is 0 Å². The van der Waals surface area contributed by atoms with Crippen LogP contribution in [-0.2, 0) is 16.8 Å². The molecule has 0 fully saturated rings. The van der Waals surface area contributed by atoms with Crippen molar-refractivity contribution in [1.29, 1.82) is 0 Å². The lowest BCUT2D eigenvalue weighted by Gasteiger charge is -2.22. The van der Waals surface area contributed by atoms with E-state index in [1.165, 1.54) is 0 Å². The first-order valence-electron chi connectivity index (χ1n) is 13.4. The number of anilines is 1. The van der Waals surface area contributed by atoms with Crippen molar-refractivity contribution in [2.24, 2.45) is 4.99 Å². The fraction of sp³-hybridized carbons (Fsp3) is 0.200. The molecular weight excluding hydrogens is 539 g/mol. The van der Waals surface area contributed by atoms with Crippen LogP contribution in [0.15, 0.2) is 95.8 Å². The third-order valence-electron chi connectivity index (χ3n) is 6.66. The fourth-order valence-corrected chi connectivity index (χ4v) is 4.48. The third-order valence-corrected chi connectivity index (χ3v) is 6.66. The zero-order valence-corrected chi connectivity index (χ0v) is 23.4. The van der Waals surface area contributed by atoms with Crippen molar-refractivity contribution in [3.05, 3.63) is 113 Å². The Morgan fingerprint density at radius 1 is 1.05 bits per heavy atom. The molecule has 0 spiro atoms. The van der Waals surface area contributed by atoms with Gasteiger partial charge in [-0.25, -0.2) is 4.68 Å². The second kappa shape index (κ2) is 12.0. The number of H-pyrrole nitrogens is 1. The monoisotopic (exact) mass is 569 g/mol. The zero-order valence-electron chi connectivity index (χ0n) is 23.4. The smallest absolute Gasteiger partial charge is 0.387 e. The first-order chi connectivity index (χ1) is 20.1. The first kappa shape index (κ1) is 28.7. The van der Waals surface area contributed by atoms with E-state index in [0.717, 1.165) is 16.1 Å². The Morgan fingerprint density at radius 3 is 2.43 bits per heavy atom. The highest BCUT2D eigenvalue weighted by Gasteiger charge is 2.35. The third kappa shape index (κ3) is 6.23. The number of nitrogens with one attached hydrogen (secondary N) is 2. The molecule has 0 saturated heterocycles. The van der Waals surface area contributed by atoms with Crippen LogP contribution in [0.3, 0.4) is 0 Å². The van der Waals surface area contributed by atoms with Crippen LogP contribution in [0.1, 0.15) is 43.3 Å². The van der Waals surface area contributed by atoms with Crippen LogP contribution in [0.4, 0.5) is 14.3 Å². The molecule has 0 saturated carbocycles. The highest BCUT2D eigenvalue weighted by atomic mass is 19.2. The second-order valence-corrected chi connectivity index (χ2v) is 10.7. The molecule has 1 aliphatic rings. The van der Waals surface area contributed by atoms with E-state index in [1.54, 1.807) is 47.2 Å². The van der Waals surface area contributed by atoms with Crippen LogP contribution in [0, 0.1) is 0 Å². The minimum absolute atomic E-state index is 0.144. The number of amidine groups is 1. The summed E-state index contributed by atoms with van der Waals surface area (Å²) in [5, 5.41) is 20.2. The quantitative estimate of drug-likeness (QED) is 0.260. The predicted molar refractivity (Wildman–Crippen MR) is 159 cm³/mol. The highest BCUT2D eigenvalue weighted by molar-refractivity contribution is 6.46. The maximum Gasteiger partial charge on any atom is 0.679 e. The number of aliphatic hydroxyl groups is 1.